The van der Waals surface area contributed by atoms with Gasteiger partial charge in [-0.25, -0.2) is 19.3 Å². The number of nitrogens with zero attached hydrogens (tertiary/aromatic N) is 6. The summed E-state index contributed by atoms with van der Waals surface area (Å²) in [6.45, 7) is 1.77. The third-order valence-electron chi connectivity index (χ3n) is 7.14. The Hall–Kier alpha value is -4.28. The molecule has 6 rings (SSSR count). The topological polar surface area (TPSA) is 107 Å². The quantitative estimate of drug-likeness (QED) is 0.348. The molecule has 10 nitrogen and oxygen atoms in total. The Balaban J connectivity index is 1.53. The van der Waals surface area contributed by atoms with Crippen LogP contribution in [0.2, 0.25) is 0 Å². The normalized spacial score (nSPS) is 17.7. The van der Waals surface area contributed by atoms with Gasteiger partial charge in [0.25, 0.3) is 0 Å². The Morgan fingerprint density at radius 2 is 2.03 bits per heavy atom. The van der Waals surface area contributed by atoms with E-state index in [1.54, 1.807) is 13.3 Å². The van der Waals surface area contributed by atoms with Gasteiger partial charge in [-0.2, -0.15) is 5.10 Å². The van der Waals surface area contributed by atoms with Crippen LogP contribution >= 0.6 is 0 Å². The number of fused-ring (bicyclic) bond motifs is 2. The second-order valence-corrected chi connectivity index (χ2v) is 9.47. The summed E-state index contributed by atoms with van der Waals surface area (Å²) in [5.41, 5.74) is 4.69. The molecule has 4 aromatic heterocycles. The highest BCUT2D eigenvalue weighted by atomic mass is 16.5. The van der Waals surface area contributed by atoms with Crippen LogP contribution < -0.4 is 4.90 Å². The molecule has 0 saturated carbocycles. The zero-order valence-corrected chi connectivity index (χ0v) is 21.2. The van der Waals surface area contributed by atoms with E-state index in [0.29, 0.717) is 31.1 Å². The van der Waals surface area contributed by atoms with Gasteiger partial charge in [-0.05, 0) is 30.2 Å². The highest BCUT2D eigenvalue weighted by molar-refractivity contribution is 5.95. The summed E-state index contributed by atoms with van der Waals surface area (Å²) in [4.78, 5) is 23.2. The summed E-state index contributed by atoms with van der Waals surface area (Å²) in [5, 5.41) is 15.5. The number of pyridine rings is 1. The molecule has 1 aliphatic heterocycles. The zero-order valence-electron chi connectivity index (χ0n) is 21.2. The van der Waals surface area contributed by atoms with Crippen molar-refractivity contribution in [3.05, 3.63) is 78.4 Å². The van der Waals surface area contributed by atoms with Crippen LogP contribution in [0.25, 0.3) is 27.9 Å². The first-order chi connectivity index (χ1) is 18.5. The maximum absolute atomic E-state index is 12.0. The first kappa shape index (κ1) is 24.1. The Kier molecular flexibility index (Phi) is 6.26. The maximum Gasteiger partial charge on any atom is 0.356 e. The number of benzene rings is 1. The van der Waals surface area contributed by atoms with Gasteiger partial charge in [-0.3, -0.25) is 0 Å². The largest absolute Gasteiger partial charge is 0.476 e. The summed E-state index contributed by atoms with van der Waals surface area (Å²) in [7, 11) is 3.67. The van der Waals surface area contributed by atoms with Gasteiger partial charge in [0, 0.05) is 50.7 Å². The molecule has 2 atom stereocenters. The van der Waals surface area contributed by atoms with Gasteiger partial charge in [0.15, 0.2) is 11.3 Å². The van der Waals surface area contributed by atoms with Gasteiger partial charge < -0.3 is 24.0 Å². The maximum atomic E-state index is 12.0. The number of imidazole rings is 1. The molecule has 5 heterocycles. The molecule has 0 spiro atoms. The standard InChI is InChI=1S/C28H28N6O4/c1-32(15-18-7-4-3-5-8-18)23-13-21(31-34-24(28(35)36)14-30-27(23)34)20-16-33(26-19(20)9-6-11-29-26)22-10-12-38-17-25(22)37-2/h3-9,11,13-14,16,22,25H,10,12,15,17H2,1-2H3,(H,35,36)/t22-,25-/m1/s1. The number of aromatic nitrogens is 5. The van der Waals surface area contributed by atoms with Crippen molar-refractivity contribution in [1.82, 2.24) is 24.1 Å². The van der Waals surface area contributed by atoms with Crippen LogP contribution in [0.3, 0.4) is 0 Å². The first-order valence-corrected chi connectivity index (χ1v) is 12.5. The van der Waals surface area contributed by atoms with E-state index in [0.717, 1.165) is 34.3 Å². The lowest BCUT2D eigenvalue weighted by atomic mass is 10.1. The van der Waals surface area contributed by atoms with E-state index >= 15 is 0 Å². The number of aromatic carboxylic acids is 1. The predicted octanol–water partition coefficient (Wildman–Crippen LogP) is 4.06. The Morgan fingerprint density at radius 1 is 1.18 bits per heavy atom. The summed E-state index contributed by atoms with van der Waals surface area (Å²) in [6, 6.07) is 16.0. The number of rotatable bonds is 7. The van der Waals surface area contributed by atoms with E-state index in [1.165, 1.54) is 10.7 Å². The van der Waals surface area contributed by atoms with E-state index in [2.05, 4.69) is 26.6 Å². The summed E-state index contributed by atoms with van der Waals surface area (Å²) in [5.74, 6) is -1.09. The van der Waals surface area contributed by atoms with Crippen LogP contribution in [0.15, 0.2) is 67.1 Å². The Bertz CT molecular complexity index is 1610. The molecule has 0 radical (unpaired) electrons. The fourth-order valence-electron chi connectivity index (χ4n) is 5.24. The van der Waals surface area contributed by atoms with E-state index < -0.39 is 5.97 Å². The van der Waals surface area contributed by atoms with E-state index in [4.69, 9.17) is 19.6 Å². The second-order valence-electron chi connectivity index (χ2n) is 9.47. The van der Waals surface area contributed by atoms with Gasteiger partial charge in [0.05, 0.1) is 30.2 Å². The number of hydrogen-bond acceptors (Lipinski definition) is 7. The van der Waals surface area contributed by atoms with Crippen LogP contribution in [0.1, 0.15) is 28.5 Å². The first-order valence-electron chi connectivity index (χ1n) is 12.5. The van der Waals surface area contributed by atoms with Crippen molar-refractivity contribution < 1.29 is 19.4 Å². The molecule has 10 heteroatoms. The van der Waals surface area contributed by atoms with Crippen molar-refractivity contribution in [3.63, 3.8) is 0 Å². The number of carboxylic acids is 1. The number of methoxy groups -OCH3 is 1. The predicted molar refractivity (Wildman–Crippen MR) is 142 cm³/mol. The van der Waals surface area contributed by atoms with Crippen molar-refractivity contribution in [3.8, 4) is 11.3 Å². The van der Waals surface area contributed by atoms with Crippen LogP contribution in [0, 0.1) is 0 Å². The smallest absolute Gasteiger partial charge is 0.356 e. The third kappa shape index (κ3) is 4.17. The van der Waals surface area contributed by atoms with Gasteiger partial charge in [0.2, 0.25) is 0 Å². The lowest BCUT2D eigenvalue weighted by molar-refractivity contribution is -0.0592. The fourth-order valence-corrected chi connectivity index (χ4v) is 5.24. The van der Waals surface area contributed by atoms with Crippen LogP contribution in [-0.4, -0.2) is 68.7 Å². The lowest BCUT2D eigenvalue weighted by Crippen LogP contribution is -2.35. The van der Waals surface area contributed by atoms with Crippen LogP contribution in [0.5, 0.6) is 0 Å². The van der Waals surface area contributed by atoms with Gasteiger partial charge in [-0.1, -0.05) is 30.3 Å². The minimum absolute atomic E-state index is 0.00181. The number of hydrogen-bond donors (Lipinski definition) is 1. The molecule has 0 amide bonds. The molecular formula is C28H28N6O4. The molecule has 194 valence electrons. The SMILES string of the molecule is CO[C@@H]1COCC[C@H]1n1cc(-c2cc(N(C)Cc3ccccc3)c3ncc(C(=O)O)n3n2)c2cccnc21. The van der Waals surface area contributed by atoms with E-state index in [-0.39, 0.29) is 17.8 Å². The van der Waals surface area contributed by atoms with Crippen LogP contribution in [0.4, 0.5) is 5.69 Å². The summed E-state index contributed by atoms with van der Waals surface area (Å²) >= 11 is 0. The van der Waals surface area contributed by atoms with Crippen molar-refractivity contribution >= 4 is 28.3 Å². The van der Waals surface area contributed by atoms with Crippen molar-refractivity contribution in [2.75, 3.05) is 32.3 Å². The average molecular weight is 513 g/mol. The Labute approximate surface area is 219 Å². The average Bonchev–Trinajstić information content (AvgIpc) is 3.55. The second kappa shape index (κ2) is 9.88. The molecule has 0 bridgehead atoms. The van der Waals surface area contributed by atoms with Gasteiger partial charge in [-0.15, -0.1) is 0 Å². The van der Waals surface area contributed by atoms with Crippen molar-refractivity contribution in [1.29, 1.82) is 0 Å². The molecule has 1 fully saturated rings. The molecular weight excluding hydrogens is 484 g/mol. The number of ether oxygens (including phenoxy) is 2. The Morgan fingerprint density at radius 3 is 2.82 bits per heavy atom. The zero-order chi connectivity index (χ0) is 26.2. The summed E-state index contributed by atoms with van der Waals surface area (Å²) < 4.78 is 15.0. The molecule has 0 aliphatic carbocycles. The lowest BCUT2D eigenvalue weighted by Gasteiger charge is -2.31. The number of anilines is 1. The van der Waals surface area contributed by atoms with Gasteiger partial charge in [0.1, 0.15) is 11.8 Å². The molecule has 5 aromatic rings. The van der Waals surface area contributed by atoms with Crippen molar-refractivity contribution in [2.45, 2.75) is 25.1 Å². The monoisotopic (exact) mass is 512 g/mol. The highest BCUT2D eigenvalue weighted by Gasteiger charge is 2.30. The molecule has 38 heavy (non-hydrogen) atoms. The number of carboxylic acid groups (broad SMARTS) is 1. The molecule has 1 aromatic carbocycles. The third-order valence-corrected chi connectivity index (χ3v) is 7.14. The van der Waals surface area contributed by atoms with E-state index in [9.17, 15) is 9.90 Å². The van der Waals surface area contributed by atoms with E-state index in [1.807, 2.05) is 49.6 Å². The summed E-state index contributed by atoms with van der Waals surface area (Å²) in [6.07, 6.45) is 5.86. The van der Waals surface area contributed by atoms with Gasteiger partial charge >= 0.3 is 5.97 Å². The van der Waals surface area contributed by atoms with Crippen LogP contribution in [-0.2, 0) is 16.0 Å². The minimum atomic E-state index is -1.09. The molecule has 0 unspecified atom stereocenters. The molecule has 1 saturated heterocycles. The fraction of sp³-hybridized carbons (Fsp3) is 0.286. The molecule has 1 aliphatic rings. The minimum Gasteiger partial charge on any atom is -0.476 e. The molecule has 1 N–H and O–H groups in total. The number of carbonyl (C=O) groups is 1. The van der Waals surface area contributed by atoms with Crippen molar-refractivity contribution in [2.24, 2.45) is 0 Å². The highest BCUT2D eigenvalue weighted by Crippen LogP contribution is 2.36.